The summed E-state index contributed by atoms with van der Waals surface area (Å²) in [6.07, 6.45) is 4.97. The van der Waals surface area contributed by atoms with Crippen LogP contribution in [0.3, 0.4) is 0 Å². The molecule has 1 aliphatic rings. The summed E-state index contributed by atoms with van der Waals surface area (Å²) in [5.41, 5.74) is 5.33. The summed E-state index contributed by atoms with van der Waals surface area (Å²) in [6, 6.07) is 24.9. The molecule has 0 bridgehead atoms. The van der Waals surface area contributed by atoms with E-state index in [1.54, 1.807) is 7.11 Å². The van der Waals surface area contributed by atoms with Gasteiger partial charge in [0.15, 0.2) is 5.82 Å². The summed E-state index contributed by atoms with van der Waals surface area (Å²) < 4.78 is 5.42. The minimum Gasteiger partial charge on any atom is -0.497 e. The van der Waals surface area contributed by atoms with E-state index in [0.29, 0.717) is 0 Å². The van der Waals surface area contributed by atoms with Gasteiger partial charge >= 0.3 is 0 Å². The minimum atomic E-state index is 0.718. The van der Waals surface area contributed by atoms with E-state index in [1.165, 1.54) is 5.56 Å². The number of rotatable bonds is 6. The molecule has 0 spiro atoms. The van der Waals surface area contributed by atoms with Gasteiger partial charge in [0.25, 0.3) is 0 Å². The van der Waals surface area contributed by atoms with Crippen LogP contribution < -0.4 is 9.64 Å². The summed E-state index contributed by atoms with van der Waals surface area (Å²) in [5.74, 6) is 2.46. The van der Waals surface area contributed by atoms with Crippen molar-refractivity contribution in [3.63, 3.8) is 0 Å². The molecule has 0 atom stereocenters. The number of anilines is 1. The standard InChI is InChI=1S/C28H26N4O/c1-32(19-20-8-4-3-5-9-20)28-25-17-22(21-10-6-12-24(16-21)33-2)13-14-26(25)30-27(31-28)23-11-7-15-29-18-23/h3-6,8-14,16-18H,7,15,19H2,1-2H3. The third-order valence-electron chi connectivity index (χ3n) is 5.81. The van der Waals surface area contributed by atoms with E-state index in [-0.39, 0.29) is 0 Å². The predicted octanol–water partition coefficient (Wildman–Crippen LogP) is 5.80. The van der Waals surface area contributed by atoms with E-state index in [0.717, 1.165) is 64.5 Å². The number of fused-ring (bicyclic) bond motifs is 1. The van der Waals surface area contributed by atoms with Crippen LogP contribution in [0, 0.1) is 0 Å². The summed E-state index contributed by atoms with van der Waals surface area (Å²) in [6.45, 7) is 1.57. The van der Waals surface area contributed by atoms with Crippen LogP contribution in [-0.2, 0) is 6.54 Å². The molecule has 4 aromatic rings. The highest BCUT2D eigenvalue weighted by molar-refractivity contribution is 6.09. The van der Waals surface area contributed by atoms with Crippen molar-refractivity contribution in [2.45, 2.75) is 13.0 Å². The van der Waals surface area contributed by atoms with Crippen LogP contribution in [0.5, 0.6) is 5.75 Å². The van der Waals surface area contributed by atoms with Crippen LogP contribution in [0.4, 0.5) is 5.82 Å². The lowest BCUT2D eigenvalue weighted by molar-refractivity contribution is 0.415. The lowest BCUT2D eigenvalue weighted by Crippen LogP contribution is -2.19. The Morgan fingerprint density at radius 2 is 1.76 bits per heavy atom. The summed E-state index contributed by atoms with van der Waals surface area (Å²) in [7, 11) is 3.77. The van der Waals surface area contributed by atoms with E-state index < -0.39 is 0 Å². The molecule has 0 unspecified atom stereocenters. The molecule has 164 valence electrons. The molecule has 0 fully saturated rings. The molecule has 1 aliphatic heterocycles. The second-order valence-corrected chi connectivity index (χ2v) is 8.16. The van der Waals surface area contributed by atoms with Crippen molar-refractivity contribution >= 4 is 28.5 Å². The van der Waals surface area contributed by atoms with Crippen LogP contribution in [-0.4, -0.2) is 36.9 Å². The van der Waals surface area contributed by atoms with Crippen LogP contribution in [0.2, 0.25) is 0 Å². The molecule has 0 saturated heterocycles. The average molecular weight is 435 g/mol. The molecular weight excluding hydrogens is 408 g/mol. The Bertz CT molecular complexity index is 1340. The predicted molar refractivity (Wildman–Crippen MR) is 136 cm³/mol. The van der Waals surface area contributed by atoms with Crippen LogP contribution in [0.15, 0.2) is 83.9 Å². The third kappa shape index (κ3) is 4.48. The fourth-order valence-corrected chi connectivity index (χ4v) is 4.11. The van der Waals surface area contributed by atoms with Gasteiger partial charge in [-0.05, 0) is 47.4 Å². The van der Waals surface area contributed by atoms with Crippen molar-refractivity contribution < 1.29 is 4.74 Å². The Balaban J connectivity index is 1.63. The van der Waals surface area contributed by atoms with Crippen molar-refractivity contribution in [3.05, 3.63) is 90.3 Å². The summed E-state index contributed by atoms with van der Waals surface area (Å²) in [5, 5.41) is 1.02. The van der Waals surface area contributed by atoms with Crippen molar-refractivity contribution in [1.82, 2.24) is 9.97 Å². The van der Waals surface area contributed by atoms with Gasteiger partial charge < -0.3 is 9.64 Å². The van der Waals surface area contributed by atoms with Crippen molar-refractivity contribution in [2.75, 3.05) is 25.6 Å². The molecule has 3 aromatic carbocycles. The van der Waals surface area contributed by atoms with Crippen molar-refractivity contribution in [3.8, 4) is 16.9 Å². The van der Waals surface area contributed by atoms with Gasteiger partial charge in [0, 0.05) is 37.3 Å². The second-order valence-electron chi connectivity index (χ2n) is 8.16. The maximum Gasteiger partial charge on any atom is 0.163 e. The molecule has 0 saturated carbocycles. The van der Waals surface area contributed by atoms with E-state index in [9.17, 15) is 0 Å². The first-order valence-corrected chi connectivity index (χ1v) is 11.1. The summed E-state index contributed by atoms with van der Waals surface area (Å²) >= 11 is 0. The summed E-state index contributed by atoms with van der Waals surface area (Å²) in [4.78, 5) is 16.5. The van der Waals surface area contributed by atoms with Crippen molar-refractivity contribution in [2.24, 2.45) is 4.99 Å². The van der Waals surface area contributed by atoms with Gasteiger partial charge in [0.1, 0.15) is 11.6 Å². The smallest absolute Gasteiger partial charge is 0.163 e. The SMILES string of the molecule is COc1cccc(-c2ccc3nc(C4=CCCN=C4)nc(N(C)Cc4ccccc4)c3c2)c1. The minimum absolute atomic E-state index is 0.718. The highest BCUT2D eigenvalue weighted by Gasteiger charge is 2.16. The van der Waals surface area contributed by atoms with E-state index in [2.05, 4.69) is 71.5 Å². The molecule has 0 N–H and O–H groups in total. The Kier molecular flexibility index (Phi) is 5.85. The Morgan fingerprint density at radius 3 is 2.55 bits per heavy atom. The number of nitrogens with zero attached hydrogens (tertiary/aromatic N) is 4. The lowest BCUT2D eigenvalue weighted by atomic mass is 10.0. The monoisotopic (exact) mass is 434 g/mol. The third-order valence-corrected chi connectivity index (χ3v) is 5.81. The molecule has 5 heteroatoms. The first kappa shape index (κ1) is 20.9. The number of allylic oxidation sites excluding steroid dienone is 1. The zero-order chi connectivity index (χ0) is 22.6. The Labute approximate surface area is 194 Å². The fourth-order valence-electron chi connectivity index (χ4n) is 4.11. The number of aliphatic imine (C=N–C) groups is 1. The van der Waals surface area contributed by atoms with E-state index >= 15 is 0 Å². The van der Waals surface area contributed by atoms with E-state index in [4.69, 9.17) is 14.7 Å². The van der Waals surface area contributed by atoms with Crippen LogP contribution in [0.25, 0.3) is 27.6 Å². The zero-order valence-corrected chi connectivity index (χ0v) is 18.9. The van der Waals surface area contributed by atoms with Crippen LogP contribution in [0.1, 0.15) is 17.8 Å². The second kappa shape index (κ2) is 9.25. The Hall–Kier alpha value is -3.99. The quantitative estimate of drug-likeness (QED) is 0.385. The largest absolute Gasteiger partial charge is 0.497 e. The number of aromatic nitrogens is 2. The molecule has 2 heterocycles. The van der Waals surface area contributed by atoms with Gasteiger partial charge in [0.2, 0.25) is 0 Å². The first-order chi connectivity index (χ1) is 16.2. The molecule has 1 aromatic heterocycles. The molecule has 0 amide bonds. The number of methoxy groups -OCH3 is 1. The van der Waals surface area contributed by atoms with Gasteiger partial charge in [-0.1, -0.05) is 54.6 Å². The molecule has 5 rings (SSSR count). The number of benzene rings is 3. The fraction of sp³-hybridized carbons (Fsp3) is 0.179. The number of dihydropyridines is 1. The topological polar surface area (TPSA) is 50.6 Å². The number of hydrogen-bond donors (Lipinski definition) is 0. The van der Waals surface area contributed by atoms with Gasteiger partial charge in [-0.25, -0.2) is 9.97 Å². The molecule has 33 heavy (non-hydrogen) atoms. The lowest BCUT2D eigenvalue weighted by Gasteiger charge is -2.21. The van der Waals surface area contributed by atoms with Crippen molar-refractivity contribution in [1.29, 1.82) is 0 Å². The molecular formula is C28H26N4O. The molecule has 0 aliphatic carbocycles. The van der Waals surface area contributed by atoms with Crippen LogP contribution >= 0.6 is 0 Å². The maximum atomic E-state index is 5.42. The van der Waals surface area contributed by atoms with Gasteiger partial charge in [-0.15, -0.1) is 0 Å². The highest BCUT2D eigenvalue weighted by Crippen LogP contribution is 2.32. The molecule has 0 radical (unpaired) electrons. The number of ether oxygens (including phenoxy) is 1. The first-order valence-electron chi connectivity index (χ1n) is 11.1. The highest BCUT2D eigenvalue weighted by atomic mass is 16.5. The zero-order valence-electron chi connectivity index (χ0n) is 18.9. The maximum absolute atomic E-state index is 5.42. The van der Waals surface area contributed by atoms with Gasteiger partial charge in [-0.2, -0.15) is 0 Å². The number of hydrogen-bond acceptors (Lipinski definition) is 5. The van der Waals surface area contributed by atoms with Gasteiger partial charge in [-0.3, -0.25) is 4.99 Å². The molecule has 5 nitrogen and oxygen atoms in total. The van der Waals surface area contributed by atoms with Gasteiger partial charge in [0.05, 0.1) is 12.6 Å². The normalized spacial score (nSPS) is 13.1. The average Bonchev–Trinajstić information content (AvgIpc) is 2.89. The van der Waals surface area contributed by atoms with E-state index in [1.807, 2.05) is 30.5 Å². The Morgan fingerprint density at radius 1 is 0.909 bits per heavy atom.